The predicted octanol–water partition coefficient (Wildman–Crippen LogP) is 2.29. The number of pyridine rings is 1. The fourth-order valence-corrected chi connectivity index (χ4v) is 2.77. The zero-order valence-corrected chi connectivity index (χ0v) is 13.0. The number of anilines is 3. The zero-order valence-electron chi connectivity index (χ0n) is 13.0. The normalized spacial score (nSPS) is 16.9. The van der Waals surface area contributed by atoms with Gasteiger partial charge in [0.1, 0.15) is 11.9 Å². The molecule has 23 heavy (non-hydrogen) atoms. The Labute approximate surface area is 134 Å². The molecular formula is C17H18N4O2. The van der Waals surface area contributed by atoms with Crippen LogP contribution in [0.4, 0.5) is 17.2 Å². The van der Waals surface area contributed by atoms with E-state index in [-0.39, 0.29) is 17.7 Å². The van der Waals surface area contributed by atoms with E-state index in [1.165, 1.54) is 6.20 Å². The first-order valence-electron chi connectivity index (χ1n) is 7.44. The quantitative estimate of drug-likeness (QED) is 0.890. The molecule has 2 aromatic rings. The standard InChI is InChI=1S/C17H18N4O2/c1-10(2)15-16(22)20-12-5-3-4-6-13(12)21(15)17(23)11-7-8-14(18)19-9-11/h3-10,15H,1-2H3,(H2,18,19)(H,20,22)/t15-/m0/s1. The summed E-state index contributed by atoms with van der Waals surface area (Å²) in [6.07, 6.45) is 1.43. The lowest BCUT2D eigenvalue weighted by Crippen LogP contribution is -2.53. The van der Waals surface area contributed by atoms with E-state index in [1.54, 1.807) is 23.1 Å². The van der Waals surface area contributed by atoms with Gasteiger partial charge >= 0.3 is 0 Å². The summed E-state index contributed by atoms with van der Waals surface area (Å²) in [6, 6.07) is 9.90. The topological polar surface area (TPSA) is 88.3 Å². The maximum atomic E-state index is 13.0. The second-order valence-corrected chi connectivity index (χ2v) is 5.84. The molecule has 1 aliphatic rings. The number of rotatable bonds is 2. The van der Waals surface area contributed by atoms with Crippen LogP contribution in [-0.2, 0) is 4.79 Å². The van der Waals surface area contributed by atoms with Crippen LogP contribution in [0.15, 0.2) is 42.6 Å². The minimum Gasteiger partial charge on any atom is -0.384 e. The molecule has 3 N–H and O–H groups in total. The number of nitrogens with one attached hydrogen (secondary N) is 1. The van der Waals surface area contributed by atoms with Crippen molar-refractivity contribution in [1.82, 2.24) is 4.98 Å². The zero-order chi connectivity index (χ0) is 16.6. The molecule has 2 amide bonds. The van der Waals surface area contributed by atoms with Gasteiger partial charge in [-0.25, -0.2) is 4.98 Å². The number of nitrogens with zero attached hydrogens (tertiary/aromatic N) is 2. The van der Waals surface area contributed by atoms with Gasteiger partial charge in [-0.2, -0.15) is 0 Å². The summed E-state index contributed by atoms with van der Waals surface area (Å²) in [7, 11) is 0. The van der Waals surface area contributed by atoms with Crippen LogP contribution in [0.25, 0.3) is 0 Å². The minimum absolute atomic E-state index is 0.0333. The Kier molecular flexibility index (Phi) is 3.73. The maximum Gasteiger partial charge on any atom is 0.260 e. The monoisotopic (exact) mass is 310 g/mol. The molecule has 6 nitrogen and oxygen atoms in total. The predicted molar refractivity (Wildman–Crippen MR) is 89.2 cm³/mol. The molecule has 1 aliphatic heterocycles. The summed E-state index contributed by atoms with van der Waals surface area (Å²) in [6.45, 7) is 3.83. The summed E-state index contributed by atoms with van der Waals surface area (Å²) in [4.78, 5) is 31.0. The van der Waals surface area contributed by atoms with Gasteiger partial charge in [0.2, 0.25) is 5.91 Å². The van der Waals surface area contributed by atoms with Gasteiger partial charge < -0.3 is 11.1 Å². The van der Waals surface area contributed by atoms with Crippen molar-refractivity contribution in [2.24, 2.45) is 5.92 Å². The number of para-hydroxylation sites is 2. The lowest BCUT2D eigenvalue weighted by molar-refractivity contribution is -0.118. The van der Waals surface area contributed by atoms with E-state index in [4.69, 9.17) is 5.73 Å². The average molecular weight is 310 g/mol. The lowest BCUT2D eigenvalue weighted by Gasteiger charge is -2.38. The van der Waals surface area contributed by atoms with Crippen LogP contribution < -0.4 is 16.0 Å². The van der Waals surface area contributed by atoms with Crippen molar-refractivity contribution in [3.63, 3.8) is 0 Å². The first-order valence-corrected chi connectivity index (χ1v) is 7.44. The van der Waals surface area contributed by atoms with Crippen LogP contribution in [0.5, 0.6) is 0 Å². The number of hydrogen-bond donors (Lipinski definition) is 2. The molecule has 3 rings (SSSR count). The number of fused-ring (bicyclic) bond motifs is 1. The minimum atomic E-state index is -0.574. The highest BCUT2D eigenvalue weighted by Crippen LogP contribution is 2.35. The summed E-state index contributed by atoms with van der Waals surface area (Å²) in [5.74, 6) is -0.137. The molecule has 6 heteroatoms. The first-order chi connectivity index (χ1) is 11.0. The van der Waals surface area contributed by atoms with Crippen LogP contribution in [0.3, 0.4) is 0 Å². The molecule has 0 unspecified atom stereocenters. The summed E-state index contributed by atoms with van der Waals surface area (Å²) in [5, 5.41) is 2.87. The second kappa shape index (κ2) is 5.72. The maximum absolute atomic E-state index is 13.0. The molecule has 0 fully saturated rings. The molecule has 1 atom stereocenters. The van der Waals surface area contributed by atoms with Crippen LogP contribution in [0.2, 0.25) is 0 Å². The molecule has 1 aromatic carbocycles. The number of nitrogen functional groups attached to an aromatic ring is 1. The van der Waals surface area contributed by atoms with Crippen molar-refractivity contribution in [2.45, 2.75) is 19.9 Å². The van der Waals surface area contributed by atoms with E-state index in [1.807, 2.05) is 32.0 Å². The number of aromatic nitrogens is 1. The van der Waals surface area contributed by atoms with E-state index < -0.39 is 6.04 Å². The summed E-state index contributed by atoms with van der Waals surface area (Å²) in [5.41, 5.74) is 7.30. The fraction of sp³-hybridized carbons (Fsp3) is 0.235. The summed E-state index contributed by atoms with van der Waals surface area (Å²) < 4.78 is 0. The first kappa shape index (κ1) is 15.0. The van der Waals surface area contributed by atoms with Gasteiger partial charge in [-0.05, 0) is 30.2 Å². The van der Waals surface area contributed by atoms with Gasteiger partial charge in [0.05, 0.1) is 16.9 Å². The summed E-state index contributed by atoms with van der Waals surface area (Å²) >= 11 is 0. The van der Waals surface area contributed by atoms with Crippen LogP contribution in [0, 0.1) is 5.92 Å². The number of carbonyl (C=O) groups excluding carboxylic acids is 2. The van der Waals surface area contributed by atoms with E-state index in [0.29, 0.717) is 22.8 Å². The Hall–Kier alpha value is -2.89. The van der Waals surface area contributed by atoms with E-state index in [9.17, 15) is 9.59 Å². The highest BCUT2D eigenvalue weighted by Gasteiger charge is 2.39. The van der Waals surface area contributed by atoms with Crippen molar-refractivity contribution in [3.05, 3.63) is 48.2 Å². The van der Waals surface area contributed by atoms with Crippen molar-refractivity contribution >= 4 is 29.0 Å². The molecule has 2 heterocycles. The fourth-order valence-electron chi connectivity index (χ4n) is 2.77. The SMILES string of the molecule is CC(C)[C@H]1C(=O)Nc2ccccc2N1C(=O)c1ccc(N)nc1. The Morgan fingerprint density at radius 3 is 2.65 bits per heavy atom. The Balaban J connectivity index is 2.10. The highest BCUT2D eigenvalue weighted by atomic mass is 16.2. The lowest BCUT2D eigenvalue weighted by atomic mass is 9.96. The van der Waals surface area contributed by atoms with Crippen molar-refractivity contribution in [3.8, 4) is 0 Å². The van der Waals surface area contributed by atoms with Gasteiger partial charge in [-0.3, -0.25) is 14.5 Å². The third-order valence-electron chi connectivity index (χ3n) is 3.85. The smallest absolute Gasteiger partial charge is 0.260 e. The molecule has 0 bridgehead atoms. The molecular weight excluding hydrogens is 292 g/mol. The number of carbonyl (C=O) groups is 2. The van der Waals surface area contributed by atoms with E-state index >= 15 is 0 Å². The van der Waals surface area contributed by atoms with Crippen LogP contribution in [0.1, 0.15) is 24.2 Å². The van der Waals surface area contributed by atoms with Crippen LogP contribution >= 0.6 is 0 Å². The third kappa shape index (κ3) is 2.63. The number of hydrogen-bond acceptors (Lipinski definition) is 4. The van der Waals surface area contributed by atoms with Gasteiger partial charge in [0.15, 0.2) is 0 Å². The van der Waals surface area contributed by atoms with Gasteiger partial charge in [0, 0.05) is 6.20 Å². The Bertz CT molecular complexity index is 755. The number of amides is 2. The van der Waals surface area contributed by atoms with Crippen molar-refractivity contribution in [2.75, 3.05) is 16.0 Å². The Morgan fingerprint density at radius 2 is 2.00 bits per heavy atom. The van der Waals surface area contributed by atoms with Gasteiger partial charge in [0.25, 0.3) is 5.91 Å². The molecule has 0 aliphatic carbocycles. The second-order valence-electron chi connectivity index (χ2n) is 5.84. The number of benzene rings is 1. The highest BCUT2D eigenvalue weighted by molar-refractivity contribution is 6.16. The van der Waals surface area contributed by atoms with E-state index in [0.717, 1.165) is 0 Å². The molecule has 0 saturated carbocycles. The molecule has 118 valence electrons. The van der Waals surface area contributed by atoms with Crippen LogP contribution in [-0.4, -0.2) is 22.8 Å². The molecule has 0 spiro atoms. The van der Waals surface area contributed by atoms with E-state index in [2.05, 4.69) is 10.3 Å². The average Bonchev–Trinajstić information content (AvgIpc) is 2.53. The largest absolute Gasteiger partial charge is 0.384 e. The molecule has 1 aromatic heterocycles. The van der Waals surface area contributed by atoms with Crippen molar-refractivity contribution < 1.29 is 9.59 Å². The molecule has 0 radical (unpaired) electrons. The third-order valence-corrected chi connectivity index (χ3v) is 3.85. The molecule has 0 saturated heterocycles. The van der Waals surface area contributed by atoms with Gasteiger partial charge in [-0.1, -0.05) is 26.0 Å². The van der Waals surface area contributed by atoms with Gasteiger partial charge in [-0.15, -0.1) is 0 Å². The van der Waals surface area contributed by atoms with Crippen molar-refractivity contribution in [1.29, 1.82) is 0 Å². The number of nitrogens with two attached hydrogens (primary N) is 1. The Morgan fingerprint density at radius 1 is 1.26 bits per heavy atom.